The van der Waals surface area contributed by atoms with Gasteiger partial charge in [-0.15, -0.1) is 0 Å². The van der Waals surface area contributed by atoms with Crippen LogP contribution in [0.5, 0.6) is 0 Å². The molecule has 290 valence electrons. The molecule has 0 unspecified atom stereocenters. The Morgan fingerprint density at radius 1 is 0.278 bits per heavy atom. The predicted molar refractivity (Wildman–Crippen MR) is 249 cm³/mol. The van der Waals surface area contributed by atoms with Crippen LogP contribution in [0.25, 0.3) is 33.4 Å². The molecule has 0 spiro atoms. The second-order valence-electron chi connectivity index (χ2n) is 10.3. The summed E-state index contributed by atoms with van der Waals surface area (Å²) in [6.45, 7) is 30.2. The van der Waals surface area contributed by atoms with Gasteiger partial charge in [-0.2, -0.15) is 0 Å². The highest BCUT2D eigenvalue weighted by Crippen LogP contribution is 2.37. The Kier molecular flexibility index (Phi) is 27.5. The lowest BCUT2D eigenvalue weighted by molar-refractivity contribution is 1.02. The zero-order valence-corrected chi connectivity index (χ0v) is 36.3. The molecular formula is C52H72N2. The van der Waals surface area contributed by atoms with Crippen LogP contribution >= 0.6 is 0 Å². The topological polar surface area (TPSA) is 6.48 Å². The second-order valence-corrected chi connectivity index (χ2v) is 10.3. The molecule has 2 nitrogen and oxygen atoms in total. The summed E-state index contributed by atoms with van der Waals surface area (Å²) in [5.41, 5.74) is 12.2. The number of hydrogen-bond donors (Lipinski definition) is 0. The SMILES string of the molecule is CC.CC.CC.CC.CC.CC.CCN(c1ccc(-c2ccc(N(CC)c3ccccc3-c3ccccc3)cc2)cc1)c1ccccc1-c1ccccc1. The molecule has 0 saturated carbocycles. The average Bonchev–Trinajstić information content (AvgIpc) is 3.30. The number of anilines is 4. The fourth-order valence-electron chi connectivity index (χ4n) is 5.79. The Hall–Kier alpha value is -5.08. The maximum Gasteiger partial charge on any atom is 0.0490 e. The fourth-order valence-corrected chi connectivity index (χ4v) is 5.79. The second kappa shape index (κ2) is 30.4. The number of rotatable bonds is 9. The summed E-state index contributed by atoms with van der Waals surface area (Å²) in [7, 11) is 0. The standard InChI is InChI=1S/C40H36N2.6C2H6/c1-3-41(39-21-13-11-19-37(39)33-15-7-5-8-16-33)35-27-23-31(24-28-35)32-25-29-36(30-26-32)42(4-2)40-22-14-12-20-38(40)34-17-9-6-10-18-34;6*1-2/h5-30H,3-4H2,1-2H3;6*1-2H3. The highest BCUT2D eigenvalue weighted by atomic mass is 15.1. The number of benzene rings is 6. The van der Waals surface area contributed by atoms with Crippen molar-refractivity contribution in [3.05, 3.63) is 158 Å². The monoisotopic (exact) mass is 725 g/mol. The van der Waals surface area contributed by atoms with Crippen molar-refractivity contribution in [2.75, 3.05) is 22.9 Å². The van der Waals surface area contributed by atoms with E-state index in [2.05, 4.69) is 181 Å². The Bertz CT molecular complexity index is 1590. The van der Waals surface area contributed by atoms with E-state index in [-0.39, 0.29) is 0 Å². The van der Waals surface area contributed by atoms with Crippen molar-refractivity contribution in [1.29, 1.82) is 0 Å². The Morgan fingerprint density at radius 3 is 0.815 bits per heavy atom. The molecule has 6 aromatic rings. The van der Waals surface area contributed by atoms with Crippen LogP contribution in [0.1, 0.15) is 96.9 Å². The van der Waals surface area contributed by atoms with Gasteiger partial charge in [-0.3, -0.25) is 0 Å². The lowest BCUT2D eigenvalue weighted by Gasteiger charge is -2.27. The summed E-state index contributed by atoms with van der Waals surface area (Å²) in [5, 5.41) is 0. The van der Waals surface area contributed by atoms with Crippen LogP contribution < -0.4 is 9.80 Å². The minimum atomic E-state index is 0.884. The van der Waals surface area contributed by atoms with Gasteiger partial charge in [-0.05, 0) is 72.5 Å². The van der Waals surface area contributed by atoms with Crippen LogP contribution in [0.2, 0.25) is 0 Å². The Morgan fingerprint density at radius 2 is 0.537 bits per heavy atom. The molecule has 54 heavy (non-hydrogen) atoms. The van der Waals surface area contributed by atoms with Crippen molar-refractivity contribution in [2.24, 2.45) is 0 Å². The van der Waals surface area contributed by atoms with Crippen LogP contribution in [0.3, 0.4) is 0 Å². The van der Waals surface area contributed by atoms with Gasteiger partial charge in [0.05, 0.1) is 0 Å². The molecule has 0 aromatic heterocycles. The van der Waals surface area contributed by atoms with Crippen LogP contribution in [0.15, 0.2) is 158 Å². The summed E-state index contributed by atoms with van der Waals surface area (Å²) in [5.74, 6) is 0. The fraction of sp³-hybridized carbons (Fsp3) is 0.308. The van der Waals surface area contributed by atoms with Gasteiger partial charge in [0.15, 0.2) is 0 Å². The third-order valence-electron chi connectivity index (χ3n) is 7.88. The third kappa shape index (κ3) is 13.7. The van der Waals surface area contributed by atoms with Crippen molar-refractivity contribution < 1.29 is 0 Å². The molecule has 6 aromatic carbocycles. The number of nitrogens with zero attached hydrogens (tertiary/aromatic N) is 2. The molecule has 6 rings (SSSR count). The minimum absolute atomic E-state index is 0.884. The summed E-state index contributed by atoms with van der Waals surface area (Å²) < 4.78 is 0. The first-order valence-electron chi connectivity index (χ1n) is 20.8. The lowest BCUT2D eigenvalue weighted by atomic mass is 10.0. The summed E-state index contributed by atoms with van der Waals surface area (Å²) in [6.07, 6.45) is 0. The van der Waals surface area contributed by atoms with Crippen molar-refractivity contribution in [3.8, 4) is 33.4 Å². The first-order valence-corrected chi connectivity index (χ1v) is 20.8. The van der Waals surface area contributed by atoms with Crippen molar-refractivity contribution in [3.63, 3.8) is 0 Å². The third-order valence-corrected chi connectivity index (χ3v) is 7.88. The van der Waals surface area contributed by atoms with Crippen LogP contribution in [-0.4, -0.2) is 13.1 Å². The van der Waals surface area contributed by atoms with Crippen molar-refractivity contribution in [2.45, 2.75) is 96.9 Å². The van der Waals surface area contributed by atoms with E-state index in [1.165, 1.54) is 56.1 Å². The van der Waals surface area contributed by atoms with Crippen molar-refractivity contribution in [1.82, 2.24) is 0 Å². The Balaban J connectivity index is 0.00000214. The average molecular weight is 725 g/mol. The van der Waals surface area contributed by atoms with Gasteiger partial charge in [-0.1, -0.05) is 204 Å². The zero-order chi connectivity index (χ0) is 40.7. The first kappa shape index (κ1) is 48.9. The quantitative estimate of drug-likeness (QED) is 0.146. The van der Waals surface area contributed by atoms with Crippen LogP contribution in [0, 0.1) is 0 Å². The largest absolute Gasteiger partial charge is 0.341 e. The molecule has 0 fully saturated rings. The summed E-state index contributed by atoms with van der Waals surface area (Å²) in [6, 6.07) is 56.5. The number of para-hydroxylation sites is 2. The van der Waals surface area contributed by atoms with Crippen LogP contribution in [-0.2, 0) is 0 Å². The molecule has 0 radical (unpaired) electrons. The summed E-state index contributed by atoms with van der Waals surface area (Å²) >= 11 is 0. The molecule has 0 bridgehead atoms. The molecule has 0 saturated heterocycles. The first-order chi connectivity index (χ1) is 26.8. The van der Waals surface area contributed by atoms with E-state index in [0.29, 0.717) is 0 Å². The van der Waals surface area contributed by atoms with Gasteiger partial charge in [0.2, 0.25) is 0 Å². The highest BCUT2D eigenvalue weighted by molar-refractivity contribution is 5.84. The number of hydrogen-bond acceptors (Lipinski definition) is 2. The molecule has 0 aliphatic carbocycles. The van der Waals surface area contributed by atoms with E-state index in [9.17, 15) is 0 Å². The van der Waals surface area contributed by atoms with Gasteiger partial charge in [0, 0.05) is 47.0 Å². The molecule has 0 heterocycles. The van der Waals surface area contributed by atoms with Gasteiger partial charge in [-0.25, -0.2) is 0 Å². The maximum atomic E-state index is 2.39. The van der Waals surface area contributed by atoms with E-state index in [4.69, 9.17) is 0 Å². The molecular weight excluding hydrogens is 653 g/mol. The minimum Gasteiger partial charge on any atom is -0.341 e. The smallest absolute Gasteiger partial charge is 0.0490 e. The predicted octanol–water partition coefficient (Wildman–Crippen LogP) is 17.2. The molecule has 0 N–H and O–H groups in total. The van der Waals surface area contributed by atoms with Gasteiger partial charge >= 0.3 is 0 Å². The zero-order valence-electron chi connectivity index (χ0n) is 36.3. The summed E-state index contributed by atoms with van der Waals surface area (Å²) in [4.78, 5) is 4.77. The molecule has 0 amide bonds. The normalized spacial score (nSPS) is 9.07. The van der Waals surface area contributed by atoms with E-state index in [1.807, 2.05) is 83.1 Å². The lowest BCUT2D eigenvalue weighted by Crippen LogP contribution is -2.17. The molecule has 0 aliphatic heterocycles. The van der Waals surface area contributed by atoms with E-state index in [0.717, 1.165) is 13.1 Å². The van der Waals surface area contributed by atoms with Gasteiger partial charge in [0.1, 0.15) is 0 Å². The maximum absolute atomic E-state index is 2.39. The molecule has 0 aliphatic rings. The van der Waals surface area contributed by atoms with E-state index < -0.39 is 0 Å². The van der Waals surface area contributed by atoms with Gasteiger partial charge < -0.3 is 9.80 Å². The molecule has 0 atom stereocenters. The van der Waals surface area contributed by atoms with Crippen molar-refractivity contribution >= 4 is 22.7 Å². The van der Waals surface area contributed by atoms with E-state index in [1.54, 1.807) is 0 Å². The van der Waals surface area contributed by atoms with Gasteiger partial charge in [0.25, 0.3) is 0 Å². The highest BCUT2D eigenvalue weighted by Gasteiger charge is 2.15. The van der Waals surface area contributed by atoms with E-state index >= 15 is 0 Å². The Labute approximate surface area is 332 Å². The van der Waals surface area contributed by atoms with Crippen LogP contribution in [0.4, 0.5) is 22.7 Å². The molecule has 2 heteroatoms.